The minimum atomic E-state index is -1.31. The molecule has 198 valence electrons. The Morgan fingerprint density at radius 3 is 2.17 bits per heavy atom. The molecule has 0 spiro atoms. The number of carbonyl (C=O) groups excluding carboxylic acids is 3. The van der Waals surface area contributed by atoms with Crippen molar-refractivity contribution in [2.45, 2.75) is 129 Å². The summed E-state index contributed by atoms with van der Waals surface area (Å²) in [6, 6.07) is 0. The van der Waals surface area contributed by atoms with Gasteiger partial charge in [-0.05, 0) is 97.8 Å². The van der Waals surface area contributed by atoms with E-state index in [0.717, 1.165) is 25.7 Å². The lowest BCUT2D eigenvalue weighted by atomic mass is 9.44. The van der Waals surface area contributed by atoms with E-state index in [-0.39, 0.29) is 11.4 Å². The summed E-state index contributed by atoms with van der Waals surface area (Å²) < 4.78 is 17.2. The highest BCUT2D eigenvalue weighted by Gasteiger charge is 2.63. The quantitative estimate of drug-likeness (QED) is 0.387. The highest BCUT2D eigenvalue weighted by molar-refractivity contribution is 5.86. The van der Waals surface area contributed by atoms with Crippen LogP contribution in [-0.2, 0) is 28.6 Å². The summed E-state index contributed by atoms with van der Waals surface area (Å²) >= 11 is 0. The fourth-order valence-electron chi connectivity index (χ4n) is 7.99. The molecule has 5 aliphatic rings. The van der Waals surface area contributed by atoms with Crippen LogP contribution in [0.3, 0.4) is 0 Å². The van der Waals surface area contributed by atoms with Gasteiger partial charge in [-0.2, -0.15) is 0 Å². The maximum Gasteiger partial charge on any atom is 0.351 e. The maximum atomic E-state index is 13.4. The monoisotopic (exact) mass is 492 g/mol. The molecule has 1 N–H and O–H groups in total. The zero-order chi connectivity index (χ0) is 26.0. The minimum absolute atomic E-state index is 0.200. The maximum absolute atomic E-state index is 13.4. The molecule has 7 heteroatoms. The molecular formula is C28H44O7. The minimum Gasteiger partial charge on any atom is -0.459 e. The number of cyclic esters (lactones) is 1. The second kappa shape index (κ2) is 8.46. The van der Waals surface area contributed by atoms with Crippen LogP contribution in [0.5, 0.6) is 0 Å². The van der Waals surface area contributed by atoms with Gasteiger partial charge in [0.15, 0.2) is 0 Å². The first kappa shape index (κ1) is 26.4. The third-order valence-electron chi connectivity index (χ3n) is 9.42. The van der Waals surface area contributed by atoms with Crippen molar-refractivity contribution >= 4 is 17.9 Å². The normalized spacial score (nSPS) is 39.1. The summed E-state index contributed by atoms with van der Waals surface area (Å²) in [5.41, 5.74) is -3.50. The van der Waals surface area contributed by atoms with E-state index < -0.39 is 46.2 Å². The molecule has 1 heterocycles. The summed E-state index contributed by atoms with van der Waals surface area (Å²) in [7, 11) is 0. The first-order valence-electron chi connectivity index (χ1n) is 13.4. The first-order chi connectivity index (χ1) is 16.0. The Morgan fingerprint density at radius 1 is 1.09 bits per heavy atom. The van der Waals surface area contributed by atoms with Crippen molar-refractivity contribution < 1.29 is 33.7 Å². The molecule has 0 radical (unpaired) electrons. The number of hydrogen-bond acceptors (Lipinski definition) is 7. The van der Waals surface area contributed by atoms with Crippen LogP contribution in [0, 0.1) is 29.1 Å². The second-order valence-corrected chi connectivity index (χ2v) is 13.6. The van der Waals surface area contributed by atoms with E-state index >= 15 is 0 Å². The summed E-state index contributed by atoms with van der Waals surface area (Å²) in [5.74, 6) is -1.34. The highest BCUT2D eigenvalue weighted by Crippen LogP contribution is 2.65. The van der Waals surface area contributed by atoms with Crippen LogP contribution in [0.15, 0.2) is 0 Å². The Balaban J connectivity index is 1.39. The van der Waals surface area contributed by atoms with Gasteiger partial charge in [0.1, 0.15) is 11.2 Å². The van der Waals surface area contributed by atoms with Gasteiger partial charge in [-0.3, -0.25) is 9.59 Å². The zero-order valence-electron chi connectivity index (χ0n) is 22.6. The Labute approximate surface area is 209 Å². The van der Waals surface area contributed by atoms with E-state index in [9.17, 15) is 19.5 Å². The van der Waals surface area contributed by atoms with Gasteiger partial charge in [0.25, 0.3) is 0 Å². The molecule has 0 aromatic rings. The van der Waals surface area contributed by atoms with Gasteiger partial charge in [0.2, 0.25) is 5.60 Å². The lowest BCUT2D eigenvalue weighted by Gasteiger charge is -2.64. The number of carbonyl (C=O) groups is 3. The van der Waals surface area contributed by atoms with Gasteiger partial charge < -0.3 is 19.3 Å². The lowest BCUT2D eigenvalue weighted by molar-refractivity contribution is -0.234. The van der Waals surface area contributed by atoms with Gasteiger partial charge >= 0.3 is 17.9 Å². The molecule has 0 amide bonds. The molecular weight excluding hydrogens is 448 g/mol. The average molecular weight is 493 g/mol. The van der Waals surface area contributed by atoms with E-state index in [1.54, 1.807) is 27.7 Å². The van der Waals surface area contributed by atoms with Crippen molar-refractivity contribution in [3.63, 3.8) is 0 Å². The van der Waals surface area contributed by atoms with Gasteiger partial charge in [0.05, 0.1) is 17.4 Å². The second-order valence-electron chi connectivity index (χ2n) is 13.6. The van der Waals surface area contributed by atoms with E-state index in [4.69, 9.17) is 14.2 Å². The topological polar surface area (TPSA) is 99.1 Å². The smallest absolute Gasteiger partial charge is 0.351 e. The third kappa shape index (κ3) is 4.86. The van der Waals surface area contributed by atoms with Crippen molar-refractivity contribution in [1.82, 2.24) is 0 Å². The van der Waals surface area contributed by atoms with Crippen LogP contribution in [0.2, 0.25) is 0 Å². The molecule has 5 unspecified atom stereocenters. The van der Waals surface area contributed by atoms with Crippen molar-refractivity contribution in [3.8, 4) is 0 Å². The SMILES string of the molecule is CCC(CC(C)C(=O)OC1(C)CC(C)(C)OC1=O)C(=O)OC(C)(C)C12CC3CC(CC(O)(C3)C1)C2. The summed E-state index contributed by atoms with van der Waals surface area (Å²) in [6.07, 6.45) is 6.73. The molecule has 0 aromatic carbocycles. The fourth-order valence-corrected chi connectivity index (χ4v) is 7.99. The lowest BCUT2D eigenvalue weighted by Crippen LogP contribution is -2.63. The molecule has 0 aromatic heterocycles. The van der Waals surface area contributed by atoms with Crippen LogP contribution < -0.4 is 0 Å². The van der Waals surface area contributed by atoms with Crippen LogP contribution in [-0.4, -0.2) is 45.4 Å². The zero-order valence-corrected chi connectivity index (χ0v) is 22.6. The number of aliphatic hydroxyl groups is 1. The van der Waals surface area contributed by atoms with E-state index in [1.165, 1.54) is 6.42 Å². The molecule has 5 atom stereocenters. The van der Waals surface area contributed by atoms with Crippen LogP contribution in [0.25, 0.3) is 0 Å². The van der Waals surface area contributed by atoms with E-state index in [0.29, 0.717) is 37.5 Å². The number of esters is 3. The Bertz CT molecular complexity index is 876. The third-order valence-corrected chi connectivity index (χ3v) is 9.42. The van der Waals surface area contributed by atoms with Crippen LogP contribution >= 0.6 is 0 Å². The summed E-state index contributed by atoms with van der Waals surface area (Å²) in [4.78, 5) is 38.5. The van der Waals surface area contributed by atoms with Gasteiger partial charge in [-0.15, -0.1) is 0 Å². The molecule has 4 aliphatic carbocycles. The van der Waals surface area contributed by atoms with Gasteiger partial charge in [0, 0.05) is 11.8 Å². The van der Waals surface area contributed by atoms with Crippen LogP contribution in [0.1, 0.15) is 106 Å². The van der Waals surface area contributed by atoms with Gasteiger partial charge in [-0.25, -0.2) is 4.79 Å². The molecule has 1 saturated heterocycles. The molecule has 4 bridgehead atoms. The fraction of sp³-hybridized carbons (Fsp3) is 0.893. The highest BCUT2D eigenvalue weighted by atomic mass is 16.6. The van der Waals surface area contributed by atoms with Crippen molar-refractivity contribution in [3.05, 3.63) is 0 Å². The predicted molar refractivity (Wildman–Crippen MR) is 129 cm³/mol. The predicted octanol–water partition coefficient (Wildman–Crippen LogP) is 4.72. The number of rotatable bonds is 8. The van der Waals surface area contributed by atoms with Gasteiger partial charge in [-0.1, -0.05) is 13.8 Å². The largest absolute Gasteiger partial charge is 0.459 e. The standard InChI is InChI=1S/C28H44O7/c1-8-20(9-17(2)21(29)34-26(7)15-24(3,4)35-23(26)31)22(30)33-25(5,6)27-11-18-10-19(12-27)14-28(32,13-18)16-27/h17-20,32H,8-16H2,1-7H3. The average Bonchev–Trinajstić information content (AvgIpc) is 2.89. The molecule has 1 aliphatic heterocycles. The Morgan fingerprint density at radius 2 is 1.69 bits per heavy atom. The van der Waals surface area contributed by atoms with E-state index in [1.807, 2.05) is 20.8 Å². The Hall–Kier alpha value is -1.63. The summed E-state index contributed by atoms with van der Waals surface area (Å²) in [6.45, 7) is 12.8. The Kier molecular flexibility index (Phi) is 6.39. The molecule has 35 heavy (non-hydrogen) atoms. The summed E-state index contributed by atoms with van der Waals surface area (Å²) in [5, 5.41) is 11.2. The van der Waals surface area contributed by atoms with E-state index in [2.05, 4.69) is 0 Å². The molecule has 5 rings (SSSR count). The van der Waals surface area contributed by atoms with Crippen LogP contribution in [0.4, 0.5) is 0 Å². The number of ether oxygens (including phenoxy) is 3. The van der Waals surface area contributed by atoms with Crippen molar-refractivity contribution in [2.75, 3.05) is 0 Å². The molecule has 4 saturated carbocycles. The molecule has 7 nitrogen and oxygen atoms in total. The van der Waals surface area contributed by atoms with Crippen molar-refractivity contribution in [2.24, 2.45) is 29.1 Å². The number of hydrogen-bond donors (Lipinski definition) is 1. The first-order valence-corrected chi connectivity index (χ1v) is 13.4. The van der Waals surface area contributed by atoms with Crippen molar-refractivity contribution in [1.29, 1.82) is 0 Å². The molecule has 5 fully saturated rings.